The molecule has 7 heteroatoms. The predicted molar refractivity (Wildman–Crippen MR) is 136 cm³/mol. The van der Waals surface area contributed by atoms with Crippen molar-refractivity contribution in [3.05, 3.63) is 58.1 Å². The molecule has 33 heavy (non-hydrogen) atoms. The van der Waals surface area contributed by atoms with Crippen molar-refractivity contribution in [2.24, 2.45) is 5.73 Å². The fourth-order valence-corrected chi connectivity index (χ4v) is 4.89. The summed E-state index contributed by atoms with van der Waals surface area (Å²) in [4.78, 5) is 24.8. The van der Waals surface area contributed by atoms with Gasteiger partial charge in [-0.1, -0.05) is 31.5 Å². The Balaban J connectivity index is 0.000000186. The first-order valence-electron chi connectivity index (χ1n) is 11.9. The average Bonchev–Trinajstić information content (AvgIpc) is 3.24. The van der Waals surface area contributed by atoms with Crippen LogP contribution < -0.4 is 15.8 Å². The Labute approximate surface area is 201 Å². The van der Waals surface area contributed by atoms with E-state index in [0.29, 0.717) is 6.41 Å². The minimum absolute atomic E-state index is 0.466. The lowest BCUT2D eigenvalue weighted by atomic mass is 10.0. The van der Waals surface area contributed by atoms with Crippen molar-refractivity contribution >= 4 is 30.1 Å². The second kappa shape index (κ2) is 12.7. The van der Waals surface area contributed by atoms with Crippen molar-refractivity contribution in [3.8, 4) is 0 Å². The number of anilines is 1. The largest absolute Gasteiger partial charge is 0.351 e. The SMILES string of the molecule is CCCCc1cc2c(c(NC(N)=O)c1)CCC2.Cc1ccc(CN2CCC2)cc1SNC=O. The Morgan fingerprint density at radius 3 is 2.64 bits per heavy atom. The van der Waals surface area contributed by atoms with Gasteiger partial charge in [0.15, 0.2) is 0 Å². The van der Waals surface area contributed by atoms with E-state index in [2.05, 4.69) is 59.1 Å². The number of aryl methyl sites for hydroxylation is 3. The topological polar surface area (TPSA) is 87.5 Å². The van der Waals surface area contributed by atoms with Gasteiger partial charge in [0, 0.05) is 17.1 Å². The van der Waals surface area contributed by atoms with E-state index in [-0.39, 0.29) is 0 Å². The molecule has 0 aromatic heterocycles. The second-order valence-corrected chi connectivity index (χ2v) is 9.67. The summed E-state index contributed by atoms with van der Waals surface area (Å²) in [6.45, 7) is 7.69. The number of fused-ring (bicyclic) bond motifs is 1. The number of hydrogen-bond donors (Lipinski definition) is 3. The standard InChI is InChI=1S/C14H20N2O.C12H16N2OS/c1-2-3-5-10-8-11-6-4-7-12(11)13(9-10)16-14(15)17;1-10-3-4-11(8-14-5-2-6-14)7-12(10)16-13-9-15/h8-9H,2-7H2,1H3,(H3,15,16,17);3-4,7,9H,2,5-6,8H2,1H3,(H,13,15). The molecule has 1 heterocycles. The van der Waals surface area contributed by atoms with E-state index in [0.717, 1.165) is 36.4 Å². The normalized spacial score (nSPS) is 14.5. The van der Waals surface area contributed by atoms with Gasteiger partial charge in [-0.2, -0.15) is 0 Å². The van der Waals surface area contributed by atoms with E-state index in [1.54, 1.807) is 0 Å². The van der Waals surface area contributed by atoms with Crippen LogP contribution in [0.4, 0.5) is 10.5 Å². The summed E-state index contributed by atoms with van der Waals surface area (Å²) in [7, 11) is 0. The summed E-state index contributed by atoms with van der Waals surface area (Å²) in [6.07, 6.45) is 8.86. The van der Waals surface area contributed by atoms with Gasteiger partial charge in [-0.05, 0) is 110 Å². The zero-order valence-corrected chi connectivity index (χ0v) is 20.6. The molecule has 0 saturated carbocycles. The fraction of sp³-hybridized carbons (Fsp3) is 0.462. The van der Waals surface area contributed by atoms with Gasteiger partial charge < -0.3 is 11.1 Å². The summed E-state index contributed by atoms with van der Waals surface area (Å²) in [5.74, 6) is 0. The highest BCUT2D eigenvalue weighted by atomic mass is 32.2. The van der Waals surface area contributed by atoms with Crippen LogP contribution in [0.15, 0.2) is 35.2 Å². The molecule has 1 aliphatic carbocycles. The number of primary amides is 1. The van der Waals surface area contributed by atoms with Gasteiger partial charge in [0.2, 0.25) is 6.41 Å². The summed E-state index contributed by atoms with van der Waals surface area (Å²) in [5.41, 5.74) is 12.7. The molecule has 2 aromatic carbocycles. The molecule has 1 aliphatic heterocycles. The van der Waals surface area contributed by atoms with Crippen LogP contribution >= 0.6 is 11.9 Å². The van der Waals surface area contributed by atoms with Crippen molar-refractivity contribution < 1.29 is 9.59 Å². The van der Waals surface area contributed by atoms with Crippen LogP contribution in [0.5, 0.6) is 0 Å². The number of urea groups is 1. The third-order valence-electron chi connectivity index (χ3n) is 6.18. The minimum Gasteiger partial charge on any atom is -0.351 e. The van der Waals surface area contributed by atoms with Gasteiger partial charge in [0.05, 0.1) is 0 Å². The molecule has 178 valence electrons. The zero-order chi connectivity index (χ0) is 23.6. The molecule has 2 aliphatic rings. The number of nitrogens with zero attached hydrogens (tertiary/aromatic N) is 1. The molecule has 0 atom stereocenters. The molecule has 0 spiro atoms. The number of carbonyl (C=O) groups excluding carboxylic acids is 2. The third-order valence-corrected chi connectivity index (χ3v) is 7.05. The van der Waals surface area contributed by atoms with E-state index in [4.69, 9.17) is 5.73 Å². The van der Waals surface area contributed by atoms with Gasteiger partial charge in [-0.25, -0.2) is 4.79 Å². The number of nitrogens with two attached hydrogens (primary N) is 1. The number of nitrogens with one attached hydrogen (secondary N) is 2. The van der Waals surface area contributed by atoms with Gasteiger partial charge in [-0.15, -0.1) is 0 Å². The van der Waals surface area contributed by atoms with Crippen LogP contribution in [-0.4, -0.2) is 30.4 Å². The highest BCUT2D eigenvalue weighted by molar-refractivity contribution is 7.98. The predicted octanol–water partition coefficient (Wildman–Crippen LogP) is 4.96. The number of amides is 3. The van der Waals surface area contributed by atoms with Crippen molar-refractivity contribution in [2.75, 3.05) is 18.4 Å². The number of likely N-dealkylation sites (tertiary alicyclic amines) is 1. The first-order valence-corrected chi connectivity index (χ1v) is 12.7. The summed E-state index contributed by atoms with van der Waals surface area (Å²) in [6, 6.07) is 10.4. The summed E-state index contributed by atoms with van der Waals surface area (Å²) >= 11 is 1.38. The zero-order valence-electron chi connectivity index (χ0n) is 19.8. The van der Waals surface area contributed by atoms with Crippen LogP contribution in [0.3, 0.4) is 0 Å². The molecule has 1 fully saturated rings. The lowest BCUT2D eigenvalue weighted by Crippen LogP contribution is -2.36. The van der Waals surface area contributed by atoms with Crippen LogP contribution in [0.1, 0.15) is 60.4 Å². The van der Waals surface area contributed by atoms with E-state index in [1.165, 1.54) is 78.5 Å². The van der Waals surface area contributed by atoms with Crippen molar-refractivity contribution in [2.45, 2.75) is 70.2 Å². The second-order valence-electron chi connectivity index (χ2n) is 8.79. The van der Waals surface area contributed by atoms with Crippen LogP contribution in [0.2, 0.25) is 0 Å². The Bertz CT molecular complexity index is 960. The monoisotopic (exact) mass is 468 g/mol. The third kappa shape index (κ3) is 7.51. The molecule has 6 nitrogen and oxygen atoms in total. The number of benzene rings is 2. The van der Waals surface area contributed by atoms with Gasteiger partial charge in [0.1, 0.15) is 0 Å². The Morgan fingerprint density at radius 2 is 1.97 bits per heavy atom. The highest BCUT2D eigenvalue weighted by Crippen LogP contribution is 2.31. The van der Waals surface area contributed by atoms with Crippen LogP contribution in [0, 0.1) is 6.92 Å². The van der Waals surface area contributed by atoms with E-state index >= 15 is 0 Å². The highest BCUT2D eigenvalue weighted by Gasteiger charge is 2.17. The lowest BCUT2D eigenvalue weighted by molar-refractivity contribution is -0.107. The molecule has 0 unspecified atom stereocenters. The molecular weight excluding hydrogens is 432 g/mol. The first kappa shape index (κ1) is 25.1. The van der Waals surface area contributed by atoms with Gasteiger partial charge >= 0.3 is 6.03 Å². The molecule has 3 amide bonds. The maximum atomic E-state index is 11.0. The number of carbonyl (C=O) groups is 2. The maximum Gasteiger partial charge on any atom is 0.316 e. The molecule has 4 N–H and O–H groups in total. The van der Waals surface area contributed by atoms with Crippen LogP contribution in [-0.2, 0) is 30.6 Å². The molecule has 0 radical (unpaired) electrons. The van der Waals surface area contributed by atoms with Crippen molar-refractivity contribution in [1.29, 1.82) is 0 Å². The minimum atomic E-state index is -0.466. The maximum absolute atomic E-state index is 11.0. The molecular formula is C26H36N4O2S. The first-order chi connectivity index (χ1) is 16.0. The van der Waals surface area contributed by atoms with Crippen molar-refractivity contribution in [1.82, 2.24) is 9.62 Å². The Hall–Kier alpha value is -2.51. The molecule has 2 aromatic rings. The Morgan fingerprint density at radius 1 is 1.15 bits per heavy atom. The van der Waals surface area contributed by atoms with Crippen LogP contribution in [0.25, 0.3) is 0 Å². The lowest BCUT2D eigenvalue weighted by Gasteiger charge is -2.30. The van der Waals surface area contributed by atoms with E-state index in [9.17, 15) is 9.59 Å². The van der Waals surface area contributed by atoms with Gasteiger partial charge in [0.25, 0.3) is 0 Å². The molecule has 1 saturated heterocycles. The summed E-state index contributed by atoms with van der Waals surface area (Å²) in [5, 5.41) is 2.76. The number of hydrogen-bond acceptors (Lipinski definition) is 4. The Kier molecular flexibility index (Phi) is 9.63. The molecule has 4 rings (SSSR count). The quantitative estimate of drug-likeness (QED) is 0.358. The molecule has 0 bridgehead atoms. The van der Waals surface area contributed by atoms with Gasteiger partial charge in [-0.3, -0.25) is 14.4 Å². The summed E-state index contributed by atoms with van der Waals surface area (Å²) < 4.78 is 2.64. The smallest absolute Gasteiger partial charge is 0.316 e. The van der Waals surface area contributed by atoms with Crippen molar-refractivity contribution in [3.63, 3.8) is 0 Å². The van der Waals surface area contributed by atoms with E-state index in [1.807, 2.05) is 0 Å². The average molecular weight is 469 g/mol. The number of unbranched alkanes of at least 4 members (excludes halogenated alkanes) is 1. The number of rotatable bonds is 9. The van der Waals surface area contributed by atoms with E-state index < -0.39 is 6.03 Å². The fourth-order valence-electron chi connectivity index (χ4n) is 4.28.